The molecule has 0 heteroatoms. The highest BCUT2D eigenvalue weighted by Gasteiger charge is 2.48. The van der Waals surface area contributed by atoms with Crippen LogP contribution in [0.25, 0.3) is 0 Å². The van der Waals surface area contributed by atoms with E-state index in [9.17, 15) is 0 Å². The first-order valence-electron chi connectivity index (χ1n) is 8.85. The summed E-state index contributed by atoms with van der Waals surface area (Å²) < 4.78 is 0. The van der Waals surface area contributed by atoms with E-state index in [1.54, 1.807) is 23.7 Å². The van der Waals surface area contributed by atoms with Crippen molar-refractivity contribution in [2.24, 2.45) is 22.7 Å². The number of hydrogen-bond acceptors (Lipinski definition) is 0. The lowest BCUT2D eigenvalue weighted by Crippen LogP contribution is -2.29. The Kier molecular flexibility index (Phi) is 4.92. The first kappa shape index (κ1) is 18.1. The lowest BCUT2D eigenvalue weighted by atomic mass is 9.65. The Hall–Kier alpha value is -0.260. The van der Waals surface area contributed by atoms with Gasteiger partial charge in [0.15, 0.2) is 0 Å². The van der Waals surface area contributed by atoms with Crippen molar-refractivity contribution in [2.75, 3.05) is 0 Å². The smallest absolute Gasteiger partial charge is 0.00905 e. The summed E-state index contributed by atoms with van der Waals surface area (Å²) >= 11 is 0. The Morgan fingerprint density at radius 1 is 0.636 bits per heavy atom. The van der Waals surface area contributed by atoms with Crippen LogP contribution in [0.4, 0.5) is 0 Å². The van der Waals surface area contributed by atoms with Crippen LogP contribution in [-0.2, 0) is 0 Å². The largest absolute Gasteiger partial charge is 0.0846 e. The third kappa shape index (κ3) is 3.46. The van der Waals surface area contributed by atoms with E-state index >= 15 is 0 Å². The van der Waals surface area contributed by atoms with E-state index in [0.29, 0.717) is 22.7 Å². The minimum absolute atomic E-state index is 0.319. The topological polar surface area (TPSA) is 0 Å². The predicted octanol–water partition coefficient (Wildman–Crippen LogP) is 6.61. The minimum atomic E-state index is 0.319. The molecule has 123 valence electrons. The number of allylic oxidation sites excluding steroid dienone is 2. The fourth-order valence-electron chi connectivity index (χ4n) is 3.77. The minimum Gasteiger partial charge on any atom is -0.0846 e. The molecule has 2 atom stereocenters. The van der Waals surface area contributed by atoms with Crippen molar-refractivity contribution in [3.05, 3.63) is 41.7 Å². The average molecular weight is 300 g/mol. The molecular formula is C22H35. The summed E-state index contributed by atoms with van der Waals surface area (Å²) in [7, 11) is 0. The van der Waals surface area contributed by atoms with Crippen LogP contribution in [0.3, 0.4) is 0 Å². The van der Waals surface area contributed by atoms with Crippen molar-refractivity contribution in [3.63, 3.8) is 0 Å². The van der Waals surface area contributed by atoms with Gasteiger partial charge in [0.2, 0.25) is 0 Å². The Bertz CT molecular complexity index is 365. The van der Waals surface area contributed by atoms with E-state index < -0.39 is 0 Å². The zero-order valence-corrected chi connectivity index (χ0v) is 16.2. The normalized spacial score (nSPS) is 32.8. The molecule has 0 spiro atoms. The summed E-state index contributed by atoms with van der Waals surface area (Å²) in [6.07, 6.45) is 7.45. The van der Waals surface area contributed by atoms with Crippen molar-refractivity contribution >= 4 is 0 Å². The summed E-state index contributed by atoms with van der Waals surface area (Å²) in [6.45, 7) is 21.3. The fourth-order valence-corrected chi connectivity index (χ4v) is 3.77. The maximum absolute atomic E-state index is 2.52. The quantitative estimate of drug-likeness (QED) is 0.442. The monoisotopic (exact) mass is 299 g/mol. The molecule has 2 unspecified atom stereocenters. The molecule has 22 heavy (non-hydrogen) atoms. The summed E-state index contributed by atoms with van der Waals surface area (Å²) in [4.78, 5) is 0. The van der Waals surface area contributed by atoms with Gasteiger partial charge in [0.05, 0.1) is 0 Å². The van der Waals surface area contributed by atoms with Crippen molar-refractivity contribution in [1.29, 1.82) is 0 Å². The molecule has 0 aliphatic heterocycles. The lowest BCUT2D eigenvalue weighted by Gasteiger charge is -2.39. The van der Waals surface area contributed by atoms with E-state index in [4.69, 9.17) is 0 Å². The maximum atomic E-state index is 2.52. The predicted molar refractivity (Wildman–Crippen MR) is 97.5 cm³/mol. The average Bonchev–Trinajstić information content (AvgIpc) is 2.50. The molecule has 2 aliphatic carbocycles. The van der Waals surface area contributed by atoms with Gasteiger partial charge in [-0.1, -0.05) is 74.5 Å². The molecule has 0 amide bonds. The van der Waals surface area contributed by atoms with Gasteiger partial charge < -0.3 is 0 Å². The second kappa shape index (κ2) is 5.99. The van der Waals surface area contributed by atoms with Crippen LogP contribution >= 0.6 is 0 Å². The second-order valence-electron chi connectivity index (χ2n) is 9.57. The number of fused-ring (bicyclic) bond motifs is 1. The summed E-state index contributed by atoms with van der Waals surface area (Å²) in [5.41, 5.74) is 0.637. The van der Waals surface area contributed by atoms with Gasteiger partial charge in [-0.05, 0) is 65.1 Å². The summed E-state index contributed by atoms with van der Waals surface area (Å²) in [6, 6.07) is 0. The lowest BCUT2D eigenvalue weighted by molar-refractivity contribution is 0.252. The zero-order chi connectivity index (χ0) is 16.9. The molecule has 0 heterocycles. The van der Waals surface area contributed by atoms with E-state index in [1.807, 2.05) is 0 Å². The van der Waals surface area contributed by atoms with Crippen LogP contribution < -0.4 is 0 Å². The van der Waals surface area contributed by atoms with Crippen molar-refractivity contribution in [3.8, 4) is 0 Å². The molecule has 0 saturated heterocycles. The highest BCUT2D eigenvalue weighted by atomic mass is 14.5. The van der Waals surface area contributed by atoms with Gasteiger partial charge in [0, 0.05) is 0 Å². The molecule has 0 aromatic heterocycles. The molecule has 1 fully saturated rings. The SMILES string of the molecule is C[C]1[C](C)[C]2CC(C(C)(C)C)/C=C\C(C(C)(C)C)C[C]2[C]1C. The van der Waals surface area contributed by atoms with E-state index in [1.165, 1.54) is 18.8 Å². The zero-order valence-electron chi connectivity index (χ0n) is 16.2. The summed E-state index contributed by atoms with van der Waals surface area (Å²) in [5, 5.41) is 0. The summed E-state index contributed by atoms with van der Waals surface area (Å²) in [5.74, 6) is 9.15. The van der Waals surface area contributed by atoms with Crippen molar-refractivity contribution < 1.29 is 0 Å². The first-order valence-corrected chi connectivity index (χ1v) is 8.85. The van der Waals surface area contributed by atoms with Crippen LogP contribution in [0, 0.1) is 52.3 Å². The third-order valence-electron chi connectivity index (χ3n) is 6.04. The molecule has 5 radical (unpaired) electrons. The van der Waals surface area contributed by atoms with Crippen LogP contribution in [-0.4, -0.2) is 0 Å². The highest BCUT2D eigenvalue weighted by Crippen LogP contribution is 2.59. The van der Waals surface area contributed by atoms with Crippen LogP contribution in [0.2, 0.25) is 0 Å². The molecule has 2 rings (SSSR count). The van der Waals surface area contributed by atoms with Gasteiger partial charge in [-0.25, -0.2) is 0 Å². The van der Waals surface area contributed by atoms with Gasteiger partial charge in [0.1, 0.15) is 0 Å². The molecule has 0 aromatic rings. The van der Waals surface area contributed by atoms with E-state index in [2.05, 4.69) is 74.5 Å². The fraction of sp³-hybridized carbons (Fsp3) is 0.682. The van der Waals surface area contributed by atoms with Crippen LogP contribution in [0.5, 0.6) is 0 Å². The number of hydrogen-bond donors (Lipinski definition) is 0. The molecule has 0 N–H and O–H groups in total. The Morgan fingerprint density at radius 3 is 1.23 bits per heavy atom. The molecule has 0 nitrogen and oxygen atoms in total. The molecule has 1 saturated carbocycles. The first-order chi connectivity index (χ1) is 9.93. The Balaban J connectivity index is 2.38. The van der Waals surface area contributed by atoms with Gasteiger partial charge in [-0.15, -0.1) is 0 Å². The van der Waals surface area contributed by atoms with Gasteiger partial charge in [-0.3, -0.25) is 0 Å². The highest BCUT2D eigenvalue weighted by molar-refractivity contribution is 5.60. The maximum Gasteiger partial charge on any atom is -0.00905 e. The standard InChI is InChI=1S/C22H35/c1-14-15(2)19-12-17(21(4,5)6)10-11-18(22(7,8)9)13-20(19)16(14)3/h10-11,17-18H,12-13H2,1-9H3/b11-10-. The van der Waals surface area contributed by atoms with Gasteiger partial charge in [-0.2, -0.15) is 0 Å². The number of rotatable bonds is 0. The molecule has 2 aliphatic rings. The van der Waals surface area contributed by atoms with Crippen LogP contribution in [0.1, 0.15) is 75.2 Å². The van der Waals surface area contributed by atoms with Gasteiger partial charge >= 0.3 is 0 Å². The molecular weight excluding hydrogens is 264 g/mol. The van der Waals surface area contributed by atoms with Crippen molar-refractivity contribution in [2.45, 2.75) is 75.2 Å². The van der Waals surface area contributed by atoms with Crippen molar-refractivity contribution in [1.82, 2.24) is 0 Å². The Morgan fingerprint density at radius 2 is 0.955 bits per heavy atom. The molecule has 0 aromatic carbocycles. The van der Waals surface area contributed by atoms with E-state index in [-0.39, 0.29) is 0 Å². The van der Waals surface area contributed by atoms with Crippen LogP contribution in [0.15, 0.2) is 12.2 Å². The molecule has 0 bridgehead atoms. The van der Waals surface area contributed by atoms with Gasteiger partial charge in [0.25, 0.3) is 0 Å². The third-order valence-corrected chi connectivity index (χ3v) is 6.04. The Labute approximate surface area is 140 Å². The second-order valence-corrected chi connectivity index (χ2v) is 9.57. The van der Waals surface area contributed by atoms with E-state index in [0.717, 1.165) is 0 Å².